The maximum absolute atomic E-state index is 5.82. The number of nitrogens with two attached hydrogens (primary N) is 1. The molecule has 0 aromatic heterocycles. The van der Waals surface area contributed by atoms with Gasteiger partial charge < -0.3 is 10.5 Å². The van der Waals surface area contributed by atoms with Crippen molar-refractivity contribution in [2.24, 2.45) is 5.73 Å². The van der Waals surface area contributed by atoms with Crippen LogP contribution in [0.15, 0.2) is 24.3 Å². The summed E-state index contributed by atoms with van der Waals surface area (Å²) in [4.78, 5) is 0. The molecule has 2 atom stereocenters. The van der Waals surface area contributed by atoms with Gasteiger partial charge in [0.2, 0.25) is 0 Å². The summed E-state index contributed by atoms with van der Waals surface area (Å²) in [5, 5.41) is 0. The molecule has 0 saturated carbocycles. The van der Waals surface area contributed by atoms with Crippen molar-refractivity contribution in [2.75, 3.05) is 6.61 Å². The van der Waals surface area contributed by atoms with E-state index >= 15 is 0 Å². The van der Waals surface area contributed by atoms with Crippen molar-refractivity contribution >= 4 is 0 Å². The van der Waals surface area contributed by atoms with E-state index in [2.05, 4.69) is 38.1 Å². The molecule has 2 N–H and O–H groups in total. The number of hydrogen-bond donors (Lipinski definition) is 1. The van der Waals surface area contributed by atoms with Crippen molar-refractivity contribution in [2.45, 2.75) is 52.0 Å². The van der Waals surface area contributed by atoms with Gasteiger partial charge in [0, 0.05) is 6.04 Å². The van der Waals surface area contributed by atoms with Gasteiger partial charge in [-0.15, -0.1) is 0 Å². The Labute approximate surface area is 105 Å². The molecule has 1 aromatic rings. The van der Waals surface area contributed by atoms with Gasteiger partial charge in [0.1, 0.15) is 5.75 Å². The number of ether oxygens (including phenoxy) is 1. The van der Waals surface area contributed by atoms with Gasteiger partial charge in [-0.05, 0) is 56.7 Å². The monoisotopic (exact) mass is 235 g/mol. The summed E-state index contributed by atoms with van der Waals surface area (Å²) in [6, 6.07) is 8.79. The summed E-state index contributed by atoms with van der Waals surface area (Å²) in [6.07, 6.45) is 3.43. The molecule has 0 bridgehead atoms. The predicted octanol–water partition coefficient (Wildman–Crippen LogP) is 3.71. The van der Waals surface area contributed by atoms with E-state index in [1.165, 1.54) is 18.4 Å². The van der Waals surface area contributed by atoms with Crippen molar-refractivity contribution < 1.29 is 4.74 Å². The summed E-state index contributed by atoms with van der Waals surface area (Å²) in [7, 11) is 0. The second-order valence-corrected chi connectivity index (χ2v) is 4.66. The predicted molar refractivity (Wildman–Crippen MR) is 73.5 cm³/mol. The van der Waals surface area contributed by atoms with E-state index in [1.54, 1.807) is 0 Å². The van der Waals surface area contributed by atoms with E-state index in [4.69, 9.17) is 10.5 Å². The van der Waals surface area contributed by atoms with Crippen LogP contribution in [-0.4, -0.2) is 12.6 Å². The van der Waals surface area contributed by atoms with Gasteiger partial charge in [0.25, 0.3) is 0 Å². The molecule has 17 heavy (non-hydrogen) atoms. The zero-order chi connectivity index (χ0) is 12.7. The average Bonchev–Trinajstić information content (AvgIpc) is 2.32. The first-order valence-corrected chi connectivity index (χ1v) is 6.65. The summed E-state index contributed by atoms with van der Waals surface area (Å²) < 4.78 is 5.45. The minimum absolute atomic E-state index is 0.298. The first kappa shape index (κ1) is 14.0. The van der Waals surface area contributed by atoms with Gasteiger partial charge in [-0.1, -0.05) is 19.1 Å². The topological polar surface area (TPSA) is 35.2 Å². The summed E-state index contributed by atoms with van der Waals surface area (Å²) in [5.41, 5.74) is 7.22. The van der Waals surface area contributed by atoms with Crippen molar-refractivity contribution in [3.8, 4) is 5.75 Å². The molecule has 2 unspecified atom stereocenters. The molecule has 1 aromatic carbocycles. The Morgan fingerprint density at radius 3 is 2.24 bits per heavy atom. The molecular weight excluding hydrogens is 210 g/mol. The van der Waals surface area contributed by atoms with Crippen molar-refractivity contribution in [1.29, 1.82) is 0 Å². The molecule has 2 nitrogen and oxygen atoms in total. The maximum Gasteiger partial charge on any atom is 0.119 e. The quantitative estimate of drug-likeness (QED) is 0.782. The highest BCUT2D eigenvalue weighted by Gasteiger charge is 2.10. The van der Waals surface area contributed by atoms with Crippen LogP contribution in [0.4, 0.5) is 0 Å². The van der Waals surface area contributed by atoms with Crippen LogP contribution in [0.2, 0.25) is 0 Å². The highest BCUT2D eigenvalue weighted by Crippen LogP contribution is 2.26. The van der Waals surface area contributed by atoms with Crippen LogP contribution in [0, 0.1) is 0 Å². The fourth-order valence-corrected chi connectivity index (χ4v) is 2.07. The Bertz CT molecular complexity index is 305. The van der Waals surface area contributed by atoms with E-state index in [0.717, 1.165) is 18.8 Å². The fraction of sp³-hybridized carbons (Fsp3) is 0.600. The summed E-state index contributed by atoms with van der Waals surface area (Å²) >= 11 is 0. The highest BCUT2D eigenvalue weighted by molar-refractivity contribution is 5.29. The van der Waals surface area contributed by atoms with E-state index in [1.807, 2.05) is 6.92 Å². The van der Waals surface area contributed by atoms with Crippen LogP contribution in [0.1, 0.15) is 51.5 Å². The number of hydrogen-bond acceptors (Lipinski definition) is 2. The van der Waals surface area contributed by atoms with E-state index in [9.17, 15) is 0 Å². The largest absolute Gasteiger partial charge is 0.494 e. The number of rotatable bonds is 7. The van der Waals surface area contributed by atoms with Crippen LogP contribution in [0.3, 0.4) is 0 Å². The van der Waals surface area contributed by atoms with Gasteiger partial charge in [-0.25, -0.2) is 0 Å². The molecule has 0 heterocycles. The lowest BCUT2D eigenvalue weighted by Crippen LogP contribution is -2.15. The van der Waals surface area contributed by atoms with Crippen LogP contribution in [-0.2, 0) is 0 Å². The molecule has 96 valence electrons. The van der Waals surface area contributed by atoms with Gasteiger partial charge in [0.05, 0.1) is 6.61 Å². The van der Waals surface area contributed by atoms with Gasteiger partial charge in [-0.3, -0.25) is 0 Å². The minimum Gasteiger partial charge on any atom is -0.494 e. The Morgan fingerprint density at radius 1 is 1.12 bits per heavy atom. The second kappa shape index (κ2) is 7.33. The lowest BCUT2D eigenvalue weighted by atomic mass is 9.90. The molecule has 0 spiro atoms. The van der Waals surface area contributed by atoms with Gasteiger partial charge >= 0.3 is 0 Å². The Kier molecular flexibility index (Phi) is 6.06. The van der Waals surface area contributed by atoms with Crippen molar-refractivity contribution in [3.63, 3.8) is 0 Å². The standard InChI is InChI=1S/C15H25NO/c1-4-13(7-6-12(3)16)14-8-10-15(11-9-14)17-5-2/h8-13H,4-7,16H2,1-3H3. The zero-order valence-corrected chi connectivity index (χ0v) is 11.3. The first-order valence-electron chi connectivity index (χ1n) is 6.65. The highest BCUT2D eigenvalue weighted by atomic mass is 16.5. The van der Waals surface area contributed by atoms with Crippen molar-refractivity contribution in [3.05, 3.63) is 29.8 Å². The molecule has 0 saturated heterocycles. The zero-order valence-electron chi connectivity index (χ0n) is 11.3. The van der Waals surface area contributed by atoms with E-state index in [-0.39, 0.29) is 0 Å². The molecule has 1 rings (SSSR count). The van der Waals surface area contributed by atoms with Crippen LogP contribution in [0.5, 0.6) is 5.75 Å². The third-order valence-corrected chi connectivity index (χ3v) is 3.13. The van der Waals surface area contributed by atoms with Crippen LogP contribution < -0.4 is 10.5 Å². The van der Waals surface area contributed by atoms with Crippen LogP contribution >= 0.6 is 0 Å². The lowest BCUT2D eigenvalue weighted by Gasteiger charge is -2.17. The van der Waals surface area contributed by atoms with Gasteiger partial charge in [0.15, 0.2) is 0 Å². The minimum atomic E-state index is 0.298. The van der Waals surface area contributed by atoms with E-state index < -0.39 is 0 Å². The molecular formula is C15H25NO. The fourth-order valence-electron chi connectivity index (χ4n) is 2.07. The van der Waals surface area contributed by atoms with Crippen LogP contribution in [0.25, 0.3) is 0 Å². The molecule has 0 amide bonds. The van der Waals surface area contributed by atoms with E-state index in [0.29, 0.717) is 12.0 Å². The maximum atomic E-state index is 5.82. The molecule has 0 radical (unpaired) electrons. The molecule has 0 aliphatic carbocycles. The molecule has 0 aliphatic heterocycles. The second-order valence-electron chi connectivity index (χ2n) is 4.66. The Hall–Kier alpha value is -1.02. The first-order chi connectivity index (χ1) is 8.17. The SMILES string of the molecule is CCOc1ccc(C(CC)CCC(C)N)cc1. The number of benzene rings is 1. The third-order valence-electron chi connectivity index (χ3n) is 3.13. The molecule has 0 fully saturated rings. The summed E-state index contributed by atoms with van der Waals surface area (Å²) in [6.45, 7) is 7.04. The summed E-state index contributed by atoms with van der Waals surface area (Å²) in [5.74, 6) is 1.58. The average molecular weight is 235 g/mol. The Morgan fingerprint density at radius 2 is 1.76 bits per heavy atom. The molecule has 2 heteroatoms. The lowest BCUT2D eigenvalue weighted by molar-refractivity contribution is 0.340. The normalized spacial score (nSPS) is 14.4. The van der Waals surface area contributed by atoms with Gasteiger partial charge in [-0.2, -0.15) is 0 Å². The Balaban J connectivity index is 2.61. The smallest absolute Gasteiger partial charge is 0.119 e. The molecule has 0 aliphatic rings. The third kappa shape index (κ3) is 4.78. The van der Waals surface area contributed by atoms with Crippen molar-refractivity contribution in [1.82, 2.24) is 0 Å².